The Balaban J connectivity index is 1.81. The van der Waals surface area contributed by atoms with Gasteiger partial charge in [-0.05, 0) is 29.8 Å². The first-order valence-electron chi connectivity index (χ1n) is 8.00. The molecule has 1 amide bonds. The van der Waals surface area contributed by atoms with Crippen molar-refractivity contribution in [2.24, 2.45) is 0 Å². The van der Waals surface area contributed by atoms with Crippen molar-refractivity contribution < 1.29 is 22.7 Å². The third kappa shape index (κ3) is 3.97. The molecule has 0 saturated carbocycles. The highest BCUT2D eigenvalue weighted by Crippen LogP contribution is 2.34. The van der Waals surface area contributed by atoms with Crippen LogP contribution >= 0.6 is 0 Å². The highest BCUT2D eigenvalue weighted by Gasteiger charge is 2.34. The second-order valence-electron chi connectivity index (χ2n) is 5.99. The number of carbonyl (C=O) groups is 1. The molecule has 138 valence electrons. The molecule has 0 spiro atoms. The molecular weight excluding hydrogens is 356 g/mol. The molecule has 1 unspecified atom stereocenters. The van der Waals surface area contributed by atoms with Crippen LogP contribution in [0.3, 0.4) is 0 Å². The SMILES string of the molecule is COCc1cccc(NC(=O)C2CN(S(C)(=O)=O)c3ccccc3O2)c1. The van der Waals surface area contributed by atoms with Crippen molar-refractivity contribution in [3.05, 3.63) is 54.1 Å². The number of para-hydroxylation sites is 2. The van der Waals surface area contributed by atoms with E-state index in [1.165, 1.54) is 4.31 Å². The Hall–Kier alpha value is -2.58. The summed E-state index contributed by atoms with van der Waals surface area (Å²) in [6.45, 7) is 0.346. The zero-order valence-electron chi connectivity index (χ0n) is 14.5. The zero-order chi connectivity index (χ0) is 18.7. The third-order valence-electron chi connectivity index (χ3n) is 3.93. The quantitative estimate of drug-likeness (QED) is 0.863. The van der Waals surface area contributed by atoms with Gasteiger partial charge in [0.05, 0.1) is 25.1 Å². The standard InChI is InChI=1S/C18H20N2O5S/c1-24-12-13-6-5-7-14(10-13)19-18(21)17-11-20(26(2,22)23)15-8-3-4-9-16(15)25-17/h3-10,17H,11-12H2,1-2H3,(H,19,21). The summed E-state index contributed by atoms with van der Waals surface area (Å²) >= 11 is 0. The molecule has 8 heteroatoms. The van der Waals surface area contributed by atoms with Crippen molar-refractivity contribution >= 4 is 27.3 Å². The van der Waals surface area contributed by atoms with E-state index in [2.05, 4.69) is 5.32 Å². The first-order chi connectivity index (χ1) is 12.4. The van der Waals surface area contributed by atoms with Gasteiger partial charge in [0.2, 0.25) is 10.0 Å². The fourth-order valence-electron chi connectivity index (χ4n) is 2.78. The number of methoxy groups -OCH3 is 1. The van der Waals surface area contributed by atoms with E-state index in [9.17, 15) is 13.2 Å². The van der Waals surface area contributed by atoms with Crippen LogP contribution in [-0.2, 0) is 26.2 Å². The molecule has 0 aliphatic carbocycles. The molecular formula is C18H20N2O5S. The van der Waals surface area contributed by atoms with Gasteiger partial charge in [-0.15, -0.1) is 0 Å². The summed E-state index contributed by atoms with van der Waals surface area (Å²) in [4.78, 5) is 12.6. The average molecular weight is 376 g/mol. The molecule has 7 nitrogen and oxygen atoms in total. The summed E-state index contributed by atoms with van der Waals surface area (Å²) in [7, 11) is -1.94. The molecule has 1 heterocycles. The molecule has 0 fully saturated rings. The number of benzene rings is 2. The predicted octanol–water partition coefficient (Wildman–Crippen LogP) is 2.00. The van der Waals surface area contributed by atoms with Crippen molar-refractivity contribution in [2.45, 2.75) is 12.7 Å². The molecule has 3 rings (SSSR count). The van der Waals surface area contributed by atoms with Gasteiger partial charge in [-0.2, -0.15) is 0 Å². The normalized spacial score (nSPS) is 16.5. The van der Waals surface area contributed by atoms with E-state index in [-0.39, 0.29) is 6.54 Å². The summed E-state index contributed by atoms with van der Waals surface area (Å²) in [5, 5.41) is 2.77. The van der Waals surface area contributed by atoms with E-state index in [0.717, 1.165) is 11.8 Å². The maximum absolute atomic E-state index is 12.6. The van der Waals surface area contributed by atoms with Crippen molar-refractivity contribution in [2.75, 3.05) is 29.5 Å². The lowest BCUT2D eigenvalue weighted by atomic mass is 10.2. The van der Waals surface area contributed by atoms with Crippen molar-refractivity contribution in [3.63, 3.8) is 0 Å². The van der Waals surface area contributed by atoms with Crippen LogP contribution in [0.15, 0.2) is 48.5 Å². The Labute approximate surface area is 152 Å². The van der Waals surface area contributed by atoms with Gasteiger partial charge in [-0.25, -0.2) is 8.42 Å². The van der Waals surface area contributed by atoms with Crippen LogP contribution in [0.25, 0.3) is 0 Å². The van der Waals surface area contributed by atoms with Crippen LogP contribution < -0.4 is 14.4 Å². The molecule has 0 saturated heterocycles. The fourth-order valence-corrected chi connectivity index (χ4v) is 3.70. The van der Waals surface area contributed by atoms with Crippen LogP contribution in [0.4, 0.5) is 11.4 Å². The summed E-state index contributed by atoms with van der Waals surface area (Å²) in [6, 6.07) is 14.0. The Morgan fingerprint density at radius 3 is 2.77 bits per heavy atom. The molecule has 0 radical (unpaired) electrons. The van der Waals surface area contributed by atoms with Gasteiger partial charge in [0, 0.05) is 12.8 Å². The van der Waals surface area contributed by atoms with Gasteiger partial charge in [-0.1, -0.05) is 24.3 Å². The molecule has 1 atom stereocenters. The topological polar surface area (TPSA) is 84.9 Å². The van der Waals surface area contributed by atoms with Crippen molar-refractivity contribution in [1.82, 2.24) is 0 Å². The number of hydrogen-bond donors (Lipinski definition) is 1. The van der Waals surface area contributed by atoms with E-state index >= 15 is 0 Å². The van der Waals surface area contributed by atoms with Crippen LogP contribution in [0, 0.1) is 0 Å². The first-order valence-corrected chi connectivity index (χ1v) is 9.85. The zero-order valence-corrected chi connectivity index (χ0v) is 15.3. The summed E-state index contributed by atoms with van der Waals surface area (Å²) in [6.07, 6.45) is 0.156. The van der Waals surface area contributed by atoms with Gasteiger partial charge in [0.25, 0.3) is 5.91 Å². The largest absolute Gasteiger partial charge is 0.476 e. The maximum atomic E-state index is 12.6. The minimum absolute atomic E-state index is 0.0839. The predicted molar refractivity (Wildman–Crippen MR) is 98.8 cm³/mol. The lowest BCUT2D eigenvalue weighted by molar-refractivity contribution is -0.122. The lowest BCUT2D eigenvalue weighted by Crippen LogP contribution is -2.48. The molecule has 26 heavy (non-hydrogen) atoms. The third-order valence-corrected chi connectivity index (χ3v) is 5.08. The number of nitrogens with one attached hydrogen (secondary N) is 1. The van der Waals surface area contributed by atoms with Crippen LogP contribution in [0.2, 0.25) is 0 Å². The van der Waals surface area contributed by atoms with E-state index in [1.807, 2.05) is 12.1 Å². The van der Waals surface area contributed by atoms with E-state index in [4.69, 9.17) is 9.47 Å². The number of ether oxygens (including phenoxy) is 2. The van der Waals surface area contributed by atoms with E-state index < -0.39 is 22.0 Å². The monoisotopic (exact) mass is 376 g/mol. The number of anilines is 2. The Morgan fingerprint density at radius 1 is 1.27 bits per heavy atom. The smallest absolute Gasteiger partial charge is 0.267 e. The van der Waals surface area contributed by atoms with Gasteiger partial charge in [0.1, 0.15) is 5.75 Å². The molecule has 1 aliphatic rings. The van der Waals surface area contributed by atoms with Crippen LogP contribution in [-0.4, -0.2) is 40.3 Å². The number of fused-ring (bicyclic) bond motifs is 1. The molecule has 2 aromatic carbocycles. The van der Waals surface area contributed by atoms with Crippen molar-refractivity contribution in [1.29, 1.82) is 0 Å². The second kappa shape index (κ2) is 7.35. The highest BCUT2D eigenvalue weighted by molar-refractivity contribution is 7.92. The van der Waals surface area contributed by atoms with E-state index in [1.54, 1.807) is 43.5 Å². The molecule has 0 bridgehead atoms. The number of amides is 1. The lowest BCUT2D eigenvalue weighted by Gasteiger charge is -2.33. The fraction of sp³-hybridized carbons (Fsp3) is 0.278. The van der Waals surface area contributed by atoms with Crippen LogP contribution in [0.5, 0.6) is 5.75 Å². The first kappa shape index (κ1) is 18.2. The molecule has 0 aromatic heterocycles. The van der Waals surface area contributed by atoms with Gasteiger partial charge >= 0.3 is 0 Å². The number of nitrogens with zero attached hydrogens (tertiary/aromatic N) is 1. The minimum atomic E-state index is -3.54. The van der Waals surface area contributed by atoms with E-state index in [0.29, 0.717) is 23.7 Å². The Kier molecular flexibility index (Phi) is 5.15. The minimum Gasteiger partial charge on any atom is -0.476 e. The molecule has 1 aliphatic heterocycles. The second-order valence-corrected chi connectivity index (χ2v) is 7.90. The number of rotatable bonds is 5. The van der Waals surface area contributed by atoms with Gasteiger partial charge < -0.3 is 14.8 Å². The van der Waals surface area contributed by atoms with Gasteiger partial charge in [0.15, 0.2) is 6.10 Å². The van der Waals surface area contributed by atoms with Crippen LogP contribution in [0.1, 0.15) is 5.56 Å². The Bertz CT molecular complexity index is 913. The Morgan fingerprint density at radius 2 is 2.04 bits per heavy atom. The summed E-state index contributed by atoms with van der Waals surface area (Å²) < 4.78 is 36.2. The van der Waals surface area contributed by atoms with Crippen molar-refractivity contribution in [3.8, 4) is 5.75 Å². The maximum Gasteiger partial charge on any atom is 0.267 e. The molecule has 2 aromatic rings. The van der Waals surface area contributed by atoms with Gasteiger partial charge in [-0.3, -0.25) is 9.10 Å². The highest BCUT2D eigenvalue weighted by atomic mass is 32.2. The number of hydrogen-bond acceptors (Lipinski definition) is 5. The summed E-state index contributed by atoms with van der Waals surface area (Å²) in [5.74, 6) is -0.0554. The number of sulfonamides is 1. The average Bonchev–Trinajstić information content (AvgIpc) is 2.60. The summed E-state index contributed by atoms with van der Waals surface area (Å²) in [5.41, 5.74) is 1.94. The number of carbonyl (C=O) groups excluding carboxylic acids is 1. The molecule has 1 N–H and O–H groups in total.